The Labute approximate surface area is 109 Å². The molecule has 0 unspecified atom stereocenters. The van der Waals surface area contributed by atoms with E-state index < -0.39 is 5.60 Å². The molecule has 0 fully saturated rings. The third-order valence-corrected chi connectivity index (χ3v) is 2.13. The van der Waals surface area contributed by atoms with Gasteiger partial charge in [-0.05, 0) is 52.8 Å². The molecule has 0 radical (unpaired) electrons. The van der Waals surface area contributed by atoms with Gasteiger partial charge in [0.2, 0.25) is 0 Å². The third kappa shape index (κ3) is 4.28. The fraction of sp³-hybridized carbons (Fsp3) is 0.500. The molecule has 18 heavy (non-hydrogen) atoms. The van der Waals surface area contributed by atoms with Crippen molar-refractivity contribution >= 4 is 17.3 Å². The molecule has 0 heterocycles. The van der Waals surface area contributed by atoms with Gasteiger partial charge in [0.05, 0.1) is 16.9 Å². The minimum Gasteiger partial charge on any atom is -0.456 e. The quantitative estimate of drug-likeness (QED) is 0.639. The molecule has 1 aromatic carbocycles. The average Bonchev–Trinajstić information content (AvgIpc) is 2.17. The van der Waals surface area contributed by atoms with Crippen molar-refractivity contribution in [3.05, 3.63) is 23.8 Å². The van der Waals surface area contributed by atoms with Crippen LogP contribution in [0.5, 0.6) is 0 Å². The summed E-state index contributed by atoms with van der Waals surface area (Å²) in [6.45, 7) is 9.57. The number of rotatable bonds is 3. The van der Waals surface area contributed by atoms with E-state index in [1.54, 1.807) is 18.2 Å². The number of hydrogen-bond acceptors (Lipinski definition) is 4. The molecule has 0 spiro atoms. The third-order valence-electron chi connectivity index (χ3n) is 2.13. The van der Waals surface area contributed by atoms with E-state index in [4.69, 9.17) is 10.5 Å². The van der Waals surface area contributed by atoms with Gasteiger partial charge in [-0.2, -0.15) is 0 Å². The molecule has 4 nitrogen and oxygen atoms in total. The number of nitrogens with two attached hydrogens (primary N) is 1. The Bertz CT molecular complexity index is 434. The monoisotopic (exact) mass is 250 g/mol. The molecule has 0 aliphatic rings. The van der Waals surface area contributed by atoms with Crippen molar-refractivity contribution in [3.63, 3.8) is 0 Å². The number of carbonyl (C=O) groups is 1. The summed E-state index contributed by atoms with van der Waals surface area (Å²) in [4.78, 5) is 11.8. The first kappa shape index (κ1) is 14.4. The highest BCUT2D eigenvalue weighted by molar-refractivity contribution is 5.92. The van der Waals surface area contributed by atoms with Gasteiger partial charge in [-0.25, -0.2) is 4.79 Å². The van der Waals surface area contributed by atoms with Gasteiger partial charge in [-0.3, -0.25) is 0 Å². The van der Waals surface area contributed by atoms with E-state index in [0.29, 0.717) is 17.3 Å². The largest absolute Gasteiger partial charge is 0.456 e. The molecule has 0 bridgehead atoms. The molecule has 0 aromatic heterocycles. The lowest BCUT2D eigenvalue weighted by atomic mass is 10.1. The van der Waals surface area contributed by atoms with Crippen LogP contribution in [-0.2, 0) is 4.74 Å². The Morgan fingerprint density at radius 1 is 1.33 bits per heavy atom. The van der Waals surface area contributed by atoms with Crippen LogP contribution in [0, 0.1) is 0 Å². The smallest absolute Gasteiger partial charge is 0.338 e. The minimum absolute atomic E-state index is 0.291. The van der Waals surface area contributed by atoms with Crippen LogP contribution in [0.3, 0.4) is 0 Å². The molecule has 1 rings (SSSR count). The number of nitrogen functional groups attached to an aromatic ring is 1. The van der Waals surface area contributed by atoms with Crippen molar-refractivity contribution in [2.24, 2.45) is 0 Å². The molecule has 1 aromatic rings. The van der Waals surface area contributed by atoms with E-state index in [1.165, 1.54) is 0 Å². The average molecular weight is 250 g/mol. The maximum Gasteiger partial charge on any atom is 0.338 e. The molecular formula is C14H22N2O2. The molecule has 100 valence electrons. The lowest BCUT2D eigenvalue weighted by Gasteiger charge is -2.20. The standard InChI is InChI=1S/C14H22N2O2/c1-9(2)16-12-7-6-10(8-11(12)15)13(17)18-14(3,4)5/h6-9,16H,15H2,1-5H3. The molecule has 0 aliphatic heterocycles. The number of benzene rings is 1. The highest BCUT2D eigenvalue weighted by Crippen LogP contribution is 2.22. The predicted octanol–water partition coefficient (Wildman–Crippen LogP) is 3.04. The highest BCUT2D eigenvalue weighted by atomic mass is 16.6. The lowest BCUT2D eigenvalue weighted by Crippen LogP contribution is -2.24. The van der Waals surface area contributed by atoms with E-state index in [2.05, 4.69) is 5.32 Å². The molecule has 0 amide bonds. The van der Waals surface area contributed by atoms with E-state index in [9.17, 15) is 4.79 Å². The summed E-state index contributed by atoms with van der Waals surface area (Å²) in [6, 6.07) is 5.45. The normalized spacial score (nSPS) is 11.4. The lowest BCUT2D eigenvalue weighted by molar-refractivity contribution is 0.00696. The molecule has 0 atom stereocenters. The number of nitrogens with one attached hydrogen (secondary N) is 1. The van der Waals surface area contributed by atoms with Crippen molar-refractivity contribution in [1.29, 1.82) is 0 Å². The molecule has 4 heteroatoms. The van der Waals surface area contributed by atoms with Crippen LogP contribution in [0.4, 0.5) is 11.4 Å². The first-order chi connectivity index (χ1) is 8.19. The molecule has 3 N–H and O–H groups in total. The Morgan fingerprint density at radius 2 is 1.94 bits per heavy atom. The second-order valence-corrected chi connectivity index (χ2v) is 5.60. The summed E-state index contributed by atoms with van der Waals surface area (Å²) in [7, 11) is 0. The van der Waals surface area contributed by atoms with Gasteiger partial charge in [0.1, 0.15) is 5.60 Å². The fourth-order valence-electron chi connectivity index (χ4n) is 1.47. The maximum atomic E-state index is 11.8. The molecular weight excluding hydrogens is 228 g/mol. The summed E-state index contributed by atoms with van der Waals surface area (Å²) < 4.78 is 5.28. The van der Waals surface area contributed by atoms with Gasteiger partial charge >= 0.3 is 5.97 Å². The number of hydrogen-bond donors (Lipinski definition) is 2. The first-order valence-corrected chi connectivity index (χ1v) is 6.08. The van der Waals surface area contributed by atoms with Crippen molar-refractivity contribution < 1.29 is 9.53 Å². The van der Waals surface area contributed by atoms with E-state index in [0.717, 1.165) is 5.69 Å². The number of ether oxygens (including phenoxy) is 1. The molecule has 0 saturated carbocycles. The Balaban J connectivity index is 2.87. The summed E-state index contributed by atoms with van der Waals surface area (Å²) >= 11 is 0. The molecule has 0 saturated heterocycles. The zero-order valence-corrected chi connectivity index (χ0v) is 11.7. The van der Waals surface area contributed by atoms with E-state index in [1.807, 2.05) is 34.6 Å². The summed E-state index contributed by atoms with van der Waals surface area (Å²) in [5.74, 6) is -0.356. The van der Waals surface area contributed by atoms with Crippen LogP contribution in [-0.4, -0.2) is 17.6 Å². The SMILES string of the molecule is CC(C)Nc1ccc(C(=O)OC(C)(C)C)cc1N. The van der Waals surface area contributed by atoms with E-state index in [-0.39, 0.29) is 5.97 Å². The minimum atomic E-state index is -0.499. The number of anilines is 2. The second-order valence-electron chi connectivity index (χ2n) is 5.60. The summed E-state index contributed by atoms with van der Waals surface area (Å²) in [6.07, 6.45) is 0. The number of esters is 1. The fourth-order valence-corrected chi connectivity index (χ4v) is 1.47. The Morgan fingerprint density at radius 3 is 2.39 bits per heavy atom. The second kappa shape index (κ2) is 5.29. The van der Waals surface area contributed by atoms with E-state index >= 15 is 0 Å². The van der Waals surface area contributed by atoms with Crippen molar-refractivity contribution in [3.8, 4) is 0 Å². The van der Waals surface area contributed by atoms with Crippen LogP contribution in [0.2, 0.25) is 0 Å². The van der Waals surface area contributed by atoms with Crippen LogP contribution < -0.4 is 11.1 Å². The van der Waals surface area contributed by atoms with Crippen molar-refractivity contribution in [2.75, 3.05) is 11.1 Å². The topological polar surface area (TPSA) is 64.3 Å². The van der Waals surface area contributed by atoms with Crippen molar-refractivity contribution in [2.45, 2.75) is 46.3 Å². The van der Waals surface area contributed by atoms with Crippen LogP contribution >= 0.6 is 0 Å². The molecule has 0 aliphatic carbocycles. The van der Waals surface area contributed by atoms with Gasteiger partial charge in [0.25, 0.3) is 0 Å². The van der Waals surface area contributed by atoms with Crippen molar-refractivity contribution in [1.82, 2.24) is 0 Å². The van der Waals surface area contributed by atoms with Crippen LogP contribution in [0.1, 0.15) is 45.0 Å². The Kier molecular flexibility index (Phi) is 4.22. The number of carbonyl (C=O) groups excluding carboxylic acids is 1. The Hall–Kier alpha value is -1.71. The zero-order valence-electron chi connectivity index (χ0n) is 11.7. The van der Waals surface area contributed by atoms with Crippen LogP contribution in [0.15, 0.2) is 18.2 Å². The zero-order chi connectivity index (χ0) is 13.9. The predicted molar refractivity (Wildman–Crippen MR) is 74.8 cm³/mol. The van der Waals surface area contributed by atoms with Gasteiger partial charge in [-0.15, -0.1) is 0 Å². The van der Waals surface area contributed by atoms with Gasteiger partial charge < -0.3 is 15.8 Å². The first-order valence-electron chi connectivity index (χ1n) is 6.08. The van der Waals surface area contributed by atoms with Gasteiger partial charge in [0, 0.05) is 6.04 Å². The van der Waals surface area contributed by atoms with Crippen LogP contribution in [0.25, 0.3) is 0 Å². The highest BCUT2D eigenvalue weighted by Gasteiger charge is 2.18. The van der Waals surface area contributed by atoms with Gasteiger partial charge in [0.15, 0.2) is 0 Å². The maximum absolute atomic E-state index is 11.8. The van der Waals surface area contributed by atoms with Gasteiger partial charge in [-0.1, -0.05) is 0 Å². The summed E-state index contributed by atoms with van der Waals surface area (Å²) in [5.41, 5.74) is 7.25. The summed E-state index contributed by atoms with van der Waals surface area (Å²) in [5, 5.41) is 3.21.